The van der Waals surface area contributed by atoms with Crippen molar-refractivity contribution in [2.75, 3.05) is 0 Å². The highest BCUT2D eigenvalue weighted by Gasteiger charge is 2.46. The number of ether oxygens (including phenoxy) is 2. The Hall–Kier alpha value is -3.85. The molecule has 3 nitrogen and oxygen atoms in total. The number of benzene rings is 4. The highest BCUT2D eigenvalue weighted by Crippen LogP contribution is 2.54. The van der Waals surface area contributed by atoms with Gasteiger partial charge >= 0.3 is 6.16 Å². The SMILES string of the molecule is Cc1ccc(C2(c3ccc(OC(=O)Oc4ccc(C5(c6ccccc6)CCC(C)(C)C(C)C5)cc4)cc3)CCC(C)(C)C(C)C2)cc1. The number of aryl methyl sites for hydroxylation is 1. The third-order valence-electron chi connectivity index (χ3n) is 12.5. The second-order valence-electron chi connectivity index (χ2n) is 16.1. The van der Waals surface area contributed by atoms with Crippen molar-refractivity contribution in [2.45, 2.75) is 97.8 Å². The molecule has 4 aromatic rings. The Kier molecular flexibility index (Phi) is 8.89. The maximum atomic E-state index is 12.9. The van der Waals surface area contributed by atoms with E-state index in [2.05, 4.69) is 127 Å². The summed E-state index contributed by atoms with van der Waals surface area (Å²) in [6.45, 7) is 16.5. The van der Waals surface area contributed by atoms with Gasteiger partial charge in [-0.25, -0.2) is 4.79 Å². The van der Waals surface area contributed by atoms with Crippen LogP contribution in [0.2, 0.25) is 0 Å². The van der Waals surface area contributed by atoms with E-state index in [1.54, 1.807) is 0 Å². The summed E-state index contributed by atoms with van der Waals surface area (Å²) in [5, 5.41) is 0. The van der Waals surface area contributed by atoms with Crippen LogP contribution in [0.3, 0.4) is 0 Å². The predicted octanol–water partition coefficient (Wildman–Crippen LogP) is 11.8. The molecule has 4 unspecified atom stereocenters. The molecule has 246 valence electrons. The normalized spacial score (nSPS) is 26.7. The van der Waals surface area contributed by atoms with Crippen LogP contribution in [0.15, 0.2) is 103 Å². The van der Waals surface area contributed by atoms with Crippen molar-refractivity contribution >= 4 is 6.16 Å². The van der Waals surface area contributed by atoms with Crippen LogP contribution in [-0.2, 0) is 10.8 Å². The summed E-state index contributed by atoms with van der Waals surface area (Å²) in [6.07, 6.45) is 5.96. The lowest BCUT2D eigenvalue weighted by Crippen LogP contribution is -2.41. The largest absolute Gasteiger partial charge is 0.519 e. The van der Waals surface area contributed by atoms with E-state index in [1.807, 2.05) is 24.3 Å². The van der Waals surface area contributed by atoms with Crippen LogP contribution in [0.1, 0.15) is 108 Å². The van der Waals surface area contributed by atoms with E-state index < -0.39 is 6.16 Å². The molecule has 2 aliphatic carbocycles. The molecule has 6 rings (SSSR count). The van der Waals surface area contributed by atoms with Crippen LogP contribution < -0.4 is 9.47 Å². The van der Waals surface area contributed by atoms with Gasteiger partial charge < -0.3 is 9.47 Å². The fourth-order valence-electron chi connectivity index (χ4n) is 8.28. The molecule has 2 saturated carbocycles. The third-order valence-corrected chi connectivity index (χ3v) is 12.5. The van der Waals surface area contributed by atoms with Crippen molar-refractivity contribution in [3.63, 3.8) is 0 Å². The topological polar surface area (TPSA) is 35.5 Å². The second kappa shape index (κ2) is 12.6. The summed E-state index contributed by atoms with van der Waals surface area (Å²) in [5.41, 5.74) is 7.04. The van der Waals surface area contributed by atoms with Gasteiger partial charge in [-0.2, -0.15) is 0 Å². The van der Waals surface area contributed by atoms with Gasteiger partial charge in [0.05, 0.1) is 0 Å². The average molecular weight is 629 g/mol. The Morgan fingerprint density at radius 3 is 1.28 bits per heavy atom. The molecule has 0 bridgehead atoms. The standard InChI is InChI=1S/C44H52O3/c1-31-13-15-35(16-14-31)44(28-26-42(6,7)33(3)30-44)37-19-23-39(24-20-37)47-40(45)46-38-21-17-36(18-22-38)43(34-11-9-8-10-12-34)27-25-41(4,5)32(2)29-43/h8-24,32-33H,25-30H2,1-7H3. The van der Waals surface area contributed by atoms with Crippen molar-refractivity contribution in [3.05, 3.63) is 131 Å². The molecule has 0 heterocycles. The van der Waals surface area contributed by atoms with Gasteiger partial charge in [0.15, 0.2) is 0 Å². The molecule has 4 aromatic carbocycles. The van der Waals surface area contributed by atoms with E-state index >= 15 is 0 Å². The molecule has 0 aliphatic heterocycles. The van der Waals surface area contributed by atoms with E-state index in [4.69, 9.17) is 9.47 Å². The van der Waals surface area contributed by atoms with Crippen molar-refractivity contribution < 1.29 is 14.3 Å². The Morgan fingerprint density at radius 2 is 0.894 bits per heavy atom. The highest BCUT2D eigenvalue weighted by atomic mass is 16.7. The first-order valence-electron chi connectivity index (χ1n) is 17.6. The van der Waals surface area contributed by atoms with Gasteiger partial charge in [0.25, 0.3) is 0 Å². The van der Waals surface area contributed by atoms with Crippen molar-refractivity contribution in [3.8, 4) is 11.5 Å². The van der Waals surface area contributed by atoms with Crippen LogP contribution in [0, 0.1) is 29.6 Å². The van der Waals surface area contributed by atoms with Crippen LogP contribution >= 0.6 is 0 Å². The van der Waals surface area contributed by atoms with Crippen molar-refractivity contribution in [1.82, 2.24) is 0 Å². The van der Waals surface area contributed by atoms with Gasteiger partial charge in [-0.3, -0.25) is 0 Å². The quantitative estimate of drug-likeness (QED) is 0.157. The molecule has 0 radical (unpaired) electrons. The molecular weight excluding hydrogens is 576 g/mol. The van der Waals surface area contributed by atoms with Gasteiger partial charge in [-0.1, -0.05) is 126 Å². The zero-order valence-electron chi connectivity index (χ0n) is 29.4. The first-order chi connectivity index (χ1) is 22.3. The lowest BCUT2D eigenvalue weighted by molar-refractivity contribution is 0.107. The van der Waals surface area contributed by atoms with Crippen LogP contribution in [0.25, 0.3) is 0 Å². The summed E-state index contributed by atoms with van der Waals surface area (Å²) in [7, 11) is 0. The second-order valence-corrected chi connectivity index (χ2v) is 16.1. The molecule has 0 amide bonds. The fraction of sp³-hybridized carbons (Fsp3) is 0.432. The summed E-state index contributed by atoms with van der Waals surface area (Å²) in [5.74, 6) is 2.13. The maximum Gasteiger partial charge on any atom is 0.519 e. The minimum atomic E-state index is -0.724. The molecule has 2 fully saturated rings. The fourth-order valence-corrected chi connectivity index (χ4v) is 8.28. The summed E-state index contributed by atoms with van der Waals surface area (Å²) in [6, 6.07) is 36.1. The van der Waals surface area contributed by atoms with Gasteiger partial charge in [-0.05, 0) is 115 Å². The number of carbonyl (C=O) groups is 1. The van der Waals surface area contributed by atoms with E-state index in [1.165, 1.54) is 27.8 Å². The summed E-state index contributed by atoms with van der Waals surface area (Å²) in [4.78, 5) is 12.9. The molecule has 47 heavy (non-hydrogen) atoms. The predicted molar refractivity (Wildman–Crippen MR) is 192 cm³/mol. The van der Waals surface area contributed by atoms with Gasteiger partial charge in [0.2, 0.25) is 0 Å². The van der Waals surface area contributed by atoms with Gasteiger partial charge in [0.1, 0.15) is 11.5 Å². The Morgan fingerprint density at radius 1 is 0.532 bits per heavy atom. The van der Waals surface area contributed by atoms with E-state index in [0.29, 0.717) is 34.2 Å². The minimum Gasteiger partial charge on any atom is -0.395 e. The molecule has 0 aromatic heterocycles. The van der Waals surface area contributed by atoms with Crippen LogP contribution in [-0.4, -0.2) is 6.16 Å². The monoisotopic (exact) mass is 628 g/mol. The lowest BCUT2D eigenvalue weighted by Gasteiger charge is -2.48. The zero-order chi connectivity index (χ0) is 33.5. The molecule has 0 N–H and O–H groups in total. The smallest absolute Gasteiger partial charge is 0.395 e. The summed E-state index contributed by atoms with van der Waals surface area (Å²) < 4.78 is 11.4. The molecule has 0 saturated heterocycles. The van der Waals surface area contributed by atoms with Crippen LogP contribution in [0.5, 0.6) is 11.5 Å². The number of carbonyl (C=O) groups excluding carboxylic acids is 1. The minimum absolute atomic E-state index is 0.0567. The van der Waals surface area contributed by atoms with E-state index in [-0.39, 0.29) is 10.8 Å². The Balaban J connectivity index is 1.17. The Labute approximate surface area is 282 Å². The molecule has 2 aliphatic rings. The van der Waals surface area contributed by atoms with Crippen molar-refractivity contribution in [2.24, 2.45) is 22.7 Å². The molecular formula is C44H52O3. The highest BCUT2D eigenvalue weighted by molar-refractivity contribution is 5.67. The number of rotatable bonds is 6. The Bertz CT molecular complexity index is 1670. The van der Waals surface area contributed by atoms with Gasteiger partial charge in [-0.15, -0.1) is 0 Å². The van der Waals surface area contributed by atoms with E-state index in [9.17, 15) is 4.79 Å². The number of hydrogen-bond acceptors (Lipinski definition) is 3. The summed E-state index contributed by atoms with van der Waals surface area (Å²) >= 11 is 0. The molecule has 3 heteroatoms. The van der Waals surface area contributed by atoms with Gasteiger partial charge in [0, 0.05) is 10.8 Å². The first-order valence-corrected chi connectivity index (χ1v) is 17.6. The maximum absolute atomic E-state index is 12.9. The van der Waals surface area contributed by atoms with E-state index in [0.717, 1.165) is 38.5 Å². The molecule has 4 atom stereocenters. The average Bonchev–Trinajstić information content (AvgIpc) is 3.05. The molecule has 0 spiro atoms. The third kappa shape index (κ3) is 6.51. The number of hydrogen-bond donors (Lipinski definition) is 0. The zero-order valence-corrected chi connectivity index (χ0v) is 29.4. The first kappa shape index (κ1) is 33.1. The van der Waals surface area contributed by atoms with Crippen molar-refractivity contribution in [1.29, 1.82) is 0 Å². The van der Waals surface area contributed by atoms with Crippen LogP contribution in [0.4, 0.5) is 4.79 Å². The lowest BCUT2D eigenvalue weighted by atomic mass is 9.56.